The molecule has 3 rings (SSSR count). The molecule has 1 aliphatic carbocycles. The van der Waals surface area contributed by atoms with E-state index in [9.17, 15) is 0 Å². The molecule has 108 valence electrons. The van der Waals surface area contributed by atoms with E-state index in [-0.39, 0.29) is 0 Å². The minimum absolute atomic E-state index is 0.822. The lowest BCUT2D eigenvalue weighted by molar-refractivity contribution is 0.784. The van der Waals surface area contributed by atoms with Gasteiger partial charge in [-0.1, -0.05) is 84.1 Å². The van der Waals surface area contributed by atoms with Crippen molar-refractivity contribution < 1.29 is 0 Å². The largest absolute Gasteiger partial charge is 0.0823 e. The van der Waals surface area contributed by atoms with Crippen LogP contribution in [0.3, 0.4) is 0 Å². The van der Waals surface area contributed by atoms with E-state index in [0.29, 0.717) is 0 Å². The fraction of sp³-hybridized carbons (Fsp3) is 0.300. The van der Waals surface area contributed by atoms with Crippen LogP contribution in [0.1, 0.15) is 37.3 Å². The Balaban J connectivity index is 1.80. The number of aryl methyl sites for hydroxylation is 1. The van der Waals surface area contributed by atoms with Crippen molar-refractivity contribution in [1.82, 2.24) is 0 Å². The Hall–Kier alpha value is -1.09. The molecule has 21 heavy (non-hydrogen) atoms. The average molecular weight is 388 g/mol. The maximum absolute atomic E-state index is 2.56. The van der Waals surface area contributed by atoms with E-state index in [4.69, 9.17) is 0 Å². The van der Waals surface area contributed by atoms with Gasteiger partial charge in [-0.3, -0.25) is 0 Å². The monoisotopic (exact) mass is 388 g/mol. The molecule has 0 saturated heterocycles. The van der Waals surface area contributed by atoms with Crippen molar-refractivity contribution in [2.75, 3.05) is 0 Å². The molecule has 0 nitrogen and oxygen atoms in total. The van der Waals surface area contributed by atoms with Crippen LogP contribution in [0.4, 0.5) is 0 Å². The average Bonchev–Trinajstić information content (AvgIpc) is 2.56. The number of alkyl halides is 1. The van der Waals surface area contributed by atoms with Gasteiger partial charge in [0.1, 0.15) is 0 Å². The molecule has 1 unspecified atom stereocenters. The first kappa shape index (κ1) is 14.8. The summed E-state index contributed by atoms with van der Waals surface area (Å²) in [6.07, 6.45) is 7.28. The van der Waals surface area contributed by atoms with Gasteiger partial charge in [-0.05, 0) is 53.5 Å². The van der Waals surface area contributed by atoms with Gasteiger partial charge in [0.05, 0.1) is 0 Å². The van der Waals surface area contributed by atoms with E-state index in [1.165, 1.54) is 47.1 Å². The van der Waals surface area contributed by atoms with Crippen molar-refractivity contribution in [3.8, 4) is 11.1 Å². The first-order valence-corrected chi connectivity index (χ1v) is 9.03. The van der Waals surface area contributed by atoms with Crippen LogP contribution in [0.2, 0.25) is 0 Å². The fourth-order valence-electron chi connectivity index (χ4n) is 2.87. The van der Waals surface area contributed by atoms with E-state index in [0.717, 1.165) is 10.3 Å². The van der Waals surface area contributed by atoms with Crippen LogP contribution in [-0.2, 0) is 6.42 Å². The Kier molecular flexibility index (Phi) is 4.79. The summed E-state index contributed by atoms with van der Waals surface area (Å²) in [5, 5.41) is 0. The molecule has 1 aliphatic rings. The van der Waals surface area contributed by atoms with Crippen molar-refractivity contribution in [2.24, 2.45) is 0 Å². The fourth-order valence-corrected chi connectivity index (χ4v) is 3.44. The van der Waals surface area contributed by atoms with E-state index in [2.05, 4.69) is 84.1 Å². The normalized spacial score (nSPS) is 18.4. The number of halogens is 1. The molecule has 0 fully saturated rings. The van der Waals surface area contributed by atoms with Gasteiger partial charge in [0, 0.05) is 3.92 Å². The highest BCUT2D eigenvalue weighted by molar-refractivity contribution is 14.1. The summed E-state index contributed by atoms with van der Waals surface area (Å²) in [7, 11) is 0. The molecule has 0 aliphatic heterocycles. The maximum atomic E-state index is 2.56. The number of allylic oxidation sites excluding steroid dienone is 2. The first-order valence-electron chi connectivity index (χ1n) is 7.79. The highest BCUT2D eigenvalue weighted by Crippen LogP contribution is 2.31. The highest BCUT2D eigenvalue weighted by Gasteiger charge is 2.12. The third-order valence-corrected chi connectivity index (χ3v) is 5.43. The second-order valence-electron chi connectivity index (χ2n) is 5.73. The van der Waals surface area contributed by atoms with Crippen molar-refractivity contribution in [1.29, 1.82) is 0 Å². The van der Waals surface area contributed by atoms with Gasteiger partial charge in [0.15, 0.2) is 0 Å². The topological polar surface area (TPSA) is 0 Å². The standard InChI is InChI=1S/C20H21I/c1-2-15-3-5-16(6-4-15)17-7-9-18(10-8-17)19-11-13-20(21)14-12-19/h3-11,20H,2,12-14H2,1H3. The van der Waals surface area contributed by atoms with E-state index >= 15 is 0 Å². The van der Waals surface area contributed by atoms with Gasteiger partial charge in [0.2, 0.25) is 0 Å². The van der Waals surface area contributed by atoms with Crippen molar-refractivity contribution in [2.45, 2.75) is 36.5 Å². The van der Waals surface area contributed by atoms with Gasteiger partial charge in [0.25, 0.3) is 0 Å². The number of rotatable bonds is 3. The summed E-state index contributed by atoms with van der Waals surface area (Å²) < 4.78 is 0.822. The zero-order valence-corrected chi connectivity index (χ0v) is 14.6. The number of benzene rings is 2. The summed E-state index contributed by atoms with van der Waals surface area (Å²) >= 11 is 2.56. The van der Waals surface area contributed by atoms with E-state index in [1.807, 2.05) is 0 Å². The van der Waals surface area contributed by atoms with Crippen LogP contribution in [0, 0.1) is 0 Å². The molecule has 0 N–H and O–H groups in total. The van der Waals surface area contributed by atoms with Crippen LogP contribution in [0.25, 0.3) is 16.7 Å². The van der Waals surface area contributed by atoms with Crippen LogP contribution in [0.5, 0.6) is 0 Å². The molecule has 0 bridgehead atoms. The van der Waals surface area contributed by atoms with Crippen LogP contribution in [-0.4, -0.2) is 3.92 Å². The molecule has 0 saturated carbocycles. The summed E-state index contributed by atoms with van der Waals surface area (Å²) in [6, 6.07) is 18.0. The molecular weight excluding hydrogens is 367 g/mol. The molecular formula is C20H21I. The minimum Gasteiger partial charge on any atom is -0.0823 e. The van der Waals surface area contributed by atoms with Gasteiger partial charge >= 0.3 is 0 Å². The van der Waals surface area contributed by atoms with Crippen LogP contribution >= 0.6 is 22.6 Å². The summed E-state index contributed by atoms with van der Waals surface area (Å²) in [5.74, 6) is 0. The molecule has 0 aromatic heterocycles. The van der Waals surface area contributed by atoms with Crippen molar-refractivity contribution in [3.63, 3.8) is 0 Å². The lowest BCUT2D eigenvalue weighted by Crippen LogP contribution is -2.02. The molecule has 1 heteroatoms. The van der Waals surface area contributed by atoms with Crippen molar-refractivity contribution >= 4 is 28.2 Å². The molecule has 0 heterocycles. The highest BCUT2D eigenvalue weighted by atomic mass is 127. The van der Waals surface area contributed by atoms with Gasteiger partial charge < -0.3 is 0 Å². The quantitative estimate of drug-likeness (QED) is 0.428. The minimum atomic E-state index is 0.822. The zero-order chi connectivity index (χ0) is 14.7. The van der Waals surface area contributed by atoms with Crippen LogP contribution in [0.15, 0.2) is 54.6 Å². The Morgan fingerprint density at radius 1 is 0.905 bits per heavy atom. The summed E-state index contributed by atoms with van der Waals surface area (Å²) in [6.45, 7) is 2.20. The second kappa shape index (κ2) is 6.78. The van der Waals surface area contributed by atoms with Gasteiger partial charge in [-0.25, -0.2) is 0 Å². The molecule has 0 radical (unpaired) electrons. The summed E-state index contributed by atoms with van der Waals surface area (Å²) in [4.78, 5) is 0. The molecule has 0 amide bonds. The Morgan fingerprint density at radius 2 is 1.48 bits per heavy atom. The second-order valence-corrected chi connectivity index (χ2v) is 7.49. The number of hydrogen-bond acceptors (Lipinski definition) is 0. The molecule has 0 spiro atoms. The summed E-state index contributed by atoms with van der Waals surface area (Å²) in [5.41, 5.74) is 6.94. The predicted molar refractivity (Wildman–Crippen MR) is 101 cm³/mol. The lowest BCUT2D eigenvalue weighted by Gasteiger charge is -2.17. The van der Waals surface area contributed by atoms with Crippen molar-refractivity contribution in [3.05, 3.63) is 65.7 Å². The molecule has 2 aromatic rings. The van der Waals surface area contributed by atoms with Gasteiger partial charge in [-0.2, -0.15) is 0 Å². The smallest absolute Gasteiger partial charge is 0.0147 e. The molecule has 2 aromatic carbocycles. The third-order valence-electron chi connectivity index (χ3n) is 4.30. The SMILES string of the molecule is CCc1ccc(-c2ccc(C3=CCC(I)CC3)cc2)cc1. The van der Waals surface area contributed by atoms with Crippen LogP contribution < -0.4 is 0 Å². The first-order chi connectivity index (χ1) is 10.3. The van der Waals surface area contributed by atoms with E-state index < -0.39 is 0 Å². The van der Waals surface area contributed by atoms with E-state index in [1.54, 1.807) is 0 Å². The Morgan fingerprint density at radius 3 is 2.00 bits per heavy atom. The zero-order valence-electron chi connectivity index (χ0n) is 12.5. The predicted octanol–water partition coefficient (Wildman–Crippen LogP) is 6.29. The third kappa shape index (κ3) is 3.57. The Bertz CT molecular complexity index is 620. The van der Waals surface area contributed by atoms with Gasteiger partial charge in [-0.15, -0.1) is 0 Å². The number of hydrogen-bond donors (Lipinski definition) is 0. The lowest BCUT2D eigenvalue weighted by atomic mass is 9.92. The maximum Gasteiger partial charge on any atom is 0.0147 e. The molecule has 1 atom stereocenters. The Labute approximate surface area is 141 Å².